The maximum absolute atomic E-state index is 12.6. The highest BCUT2D eigenvalue weighted by Crippen LogP contribution is 2.33. The average molecular weight is 515 g/mol. The Morgan fingerprint density at radius 2 is 1.65 bits per heavy atom. The van der Waals surface area contributed by atoms with E-state index in [1.54, 1.807) is 36.4 Å². The van der Waals surface area contributed by atoms with E-state index in [4.69, 9.17) is 4.18 Å². The number of carbonyl (C=O) groups excluding carboxylic acids is 1. The van der Waals surface area contributed by atoms with Crippen molar-refractivity contribution in [2.75, 3.05) is 0 Å². The molecule has 0 atom stereocenters. The molecule has 0 saturated carbocycles. The van der Waals surface area contributed by atoms with Crippen LogP contribution in [-0.4, -0.2) is 19.5 Å². The predicted molar refractivity (Wildman–Crippen MR) is 126 cm³/mol. The molecule has 0 unspecified atom stereocenters. The van der Waals surface area contributed by atoms with Gasteiger partial charge in [-0.15, -0.1) is 0 Å². The van der Waals surface area contributed by atoms with Crippen LogP contribution in [0.5, 0.6) is 5.75 Å². The van der Waals surface area contributed by atoms with E-state index >= 15 is 0 Å². The fourth-order valence-electron chi connectivity index (χ4n) is 2.70. The molecule has 3 aromatic carbocycles. The number of benzene rings is 3. The maximum Gasteiger partial charge on any atom is 0.339 e. The number of aliphatic imine (C=N–C) groups is 1. The number of rotatable bonds is 5. The van der Waals surface area contributed by atoms with Gasteiger partial charge in [0.1, 0.15) is 10.6 Å². The number of thioether (sulfide) groups is 1. The summed E-state index contributed by atoms with van der Waals surface area (Å²) in [4.78, 5) is 17.3. The van der Waals surface area contributed by atoms with Crippen molar-refractivity contribution in [1.29, 1.82) is 0 Å². The summed E-state index contributed by atoms with van der Waals surface area (Å²) in [6, 6.07) is 22.0. The molecular weight excluding hydrogens is 500 g/mol. The van der Waals surface area contributed by atoms with Crippen LogP contribution in [0.4, 0.5) is 5.69 Å². The van der Waals surface area contributed by atoms with Crippen LogP contribution in [0.2, 0.25) is 0 Å². The molecule has 1 heterocycles. The van der Waals surface area contributed by atoms with Crippen LogP contribution in [0.3, 0.4) is 0 Å². The van der Waals surface area contributed by atoms with E-state index in [9.17, 15) is 13.2 Å². The second-order valence-electron chi connectivity index (χ2n) is 6.35. The molecule has 156 valence electrons. The van der Waals surface area contributed by atoms with E-state index in [0.29, 0.717) is 25.8 Å². The molecule has 3 aromatic rings. The number of para-hydroxylation sites is 1. The van der Waals surface area contributed by atoms with Crippen LogP contribution in [0, 0.1) is 0 Å². The van der Waals surface area contributed by atoms with Crippen molar-refractivity contribution in [1.82, 2.24) is 5.32 Å². The Hall–Kier alpha value is -2.88. The average Bonchev–Trinajstić information content (AvgIpc) is 3.10. The molecule has 9 heteroatoms. The zero-order valence-corrected chi connectivity index (χ0v) is 19.1. The normalized spacial score (nSPS) is 16.5. The van der Waals surface area contributed by atoms with Crippen LogP contribution in [0.25, 0.3) is 6.08 Å². The molecule has 1 fully saturated rings. The Balaban J connectivity index is 1.64. The fourth-order valence-corrected chi connectivity index (χ4v) is 4.89. The molecule has 1 amide bonds. The second kappa shape index (κ2) is 9.09. The number of halogens is 1. The van der Waals surface area contributed by atoms with E-state index in [-0.39, 0.29) is 16.6 Å². The molecule has 0 radical (unpaired) electrons. The quantitative estimate of drug-likeness (QED) is 0.377. The van der Waals surface area contributed by atoms with Crippen molar-refractivity contribution in [3.05, 3.63) is 93.8 Å². The minimum atomic E-state index is -4.02. The minimum absolute atomic E-state index is 0.0433. The van der Waals surface area contributed by atoms with Gasteiger partial charge < -0.3 is 9.50 Å². The van der Waals surface area contributed by atoms with Gasteiger partial charge in [0.25, 0.3) is 5.91 Å². The lowest BCUT2D eigenvalue weighted by Crippen LogP contribution is -2.19. The fraction of sp³-hybridized carbons (Fsp3) is 0. The molecule has 0 aliphatic carbocycles. The Morgan fingerprint density at radius 3 is 2.35 bits per heavy atom. The molecule has 0 aromatic heterocycles. The van der Waals surface area contributed by atoms with Crippen molar-refractivity contribution < 1.29 is 17.4 Å². The van der Waals surface area contributed by atoms with E-state index in [1.807, 2.05) is 30.3 Å². The van der Waals surface area contributed by atoms with Gasteiger partial charge in [-0.2, -0.15) is 8.42 Å². The molecule has 1 saturated heterocycles. The van der Waals surface area contributed by atoms with Gasteiger partial charge in [-0.3, -0.25) is 4.79 Å². The number of carbonyl (C=O) groups is 1. The lowest BCUT2D eigenvalue weighted by Gasteiger charge is -2.10. The zero-order chi connectivity index (χ0) is 21.8. The summed E-state index contributed by atoms with van der Waals surface area (Å²) in [5.41, 5.74) is 1.15. The summed E-state index contributed by atoms with van der Waals surface area (Å²) in [5.74, 6) is -0.210. The summed E-state index contributed by atoms with van der Waals surface area (Å²) < 4.78 is 31.4. The van der Waals surface area contributed by atoms with Crippen LogP contribution < -0.4 is 9.50 Å². The Bertz CT molecular complexity index is 1290. The van der Waals surface area contributed by atoms with Gasteiger partial charge in [0.2, 0.25) is 0 Å². The molecule has 0 bridgehead atoms. The smallest absolute Gasteiger partial charge is 0.339 e. The lowest BCUT2D eigenvalue weighted by molar-refractivity contribution is -0.115. The largest absolute Gasteiger partial charge is 0.378 e. The number of amides is 1. The van der Waals surface area contributed by atoms with Gasteiger partial charge in [-0.1, -0.05) is 52.3 Å². The third-order valence-corrected chi connectivity index (χ3v) is 6.78. The third-order valence-electron chi connectivity index (χ3n) is 4.13. The molecule has 1 aliphatic rings. The molecule has 0 spiro atoms. The Morgan fingerprint density at radius 1 is 0.968 bits per heavy atom. The number of hydrogen-bond donors (Lipinski definition) is 1. The monoisotopic (exact) mass is 514 g/mol. The van der Waals surface area contributed by atoms with Gasteiger partial charge in [0, 0.05) is 10.0 Å². The van der Waals surface area contributed by atoms with Crippen molar-refractivity contribution in [3.8, 4) is 5.75 Å². The first-order chi connectivity index (χ1) is 14.9. The standard InChI is InChI=1S/C22H15BrN2O4S2/c23-16-11-12-19(29-31(27,28)18-9-5-2-6-10-18)15(13-16)14-20-21(26)25-22(30-20)24-17-7-3-1-4-8-17/h1-14H,(H,24,25,26)/b20-14-. The van der Waals surface area contributed by atoms with Crippen LogP contribution in [0.1, 0.15) is 5.56 Å². The van der Waals surface area contributed by atoms with Gasteiger partial charge >= 0.3 is 10.1 Å². The molecule has 6 nitrogen and oxygen atoms in total. The molecular formula is C22H15BrN2O4S2. The summed E-state index contributed by atoms with van der Waals surface area (Å²) in [5, 5.41) is 3.16. The molecule has 1 N–H and O–H groups in total. The number of nitrogens with one attached hydrogen (secondary N) is 1. The summed E-state index contributed by atoms with van der Waals surface area (Å²) in [7, 11) is -4.02. The van der Waals surface area contributed by atoms with E-state index in [0.717, 1.165) is 0 Å². The van der Waals surface area contributed by atoms with Gasteiger partial charge in [-0.05, 0) is 60.3 Å². The highest BCUT2D eigenvalue weighted by molar-refractivity contribution is 9.10. The first-order valence-electron chi connectivity index (χ1n) is 9.04. The third kappa shape index (κ3) is 5.25. The van der Waals surface area contributed by atoms with Crippen molar-refractivity contribution in [2.24, 2.45) is 4.99 Å². The SMILES string of the molecule is O=C1NC(=Nc2ccccc2)S/C1=C\c1cc(Br)ccc1OS(=O)(=O)c1ccccc1. The van der Waals surface area contributed by atoms with Gasteiger partial charge in [0.05, 0.1) is 10.6 Å². The van der Waals surface area contributed by atoms with Crippen LogP contribution in [-0.2, 0) is 14.9 Å². The topological polar surface area (TPSA) is 84.8 Å². The van der Waals surface area contributed by atoms with Crippen LogP contribution >= 0.6 is 27.7 Å². The summed E-state index contributed by atoms with van der Waals surface area (Å²) in [6.45, 7) is 0. The van der Waals surface area contributed by atoms with E-state index in [1.165, 1.54) is 30.0 Å². The van der Waals surface area contributed by atoms with Crippen molar-refractivity contribution >= 4 is 60.6 Å². The minimum Gasteiger partial charge on any atom is -0.378 e. The second-order valence-corrected chi connectivity index (χ2v) is 9.84. The molecule has 31 heavy (non-hydrogen) atoms. The highest BCUT2D eigenvalue weighted by atomic mass is 79.9. The number of hydrogen-bond acceptors (Lipinski definition) is 6. The first-order valence-corrected chi connectivity index (χ1v) is 12.1. The van der Waals surface area contributed by atoms with E-state index < -0.39 is 10.1 Å². The first kappa shape index (κ1) is 21.4. The summed E-state index contributed by atoms with van der Waals surface area (Å²) >= 11 is 4.54. The maximum atomic E-state index is 12.6. The Labute approximate surface area is 192 Å². The highest BCUT2D eigenvalue weighted by Gasteiger charge is 2.25. The van der Waals surface area contributed by atoms with Crippen molar-refractivity contribution in [3.63, 3.8) is 0 Å². The summed E-state index contributed by atoms with van der Waals surface area (Å²) in [6.07, 6.45) is 1.58. The van der Waals surface area contributed by atoms with Gasteiger partial charge in [-0.25, -0.2) is 4.99 Å². The number of nitrogens with zero attached hydrogens (tertiary/aromatic N) is 1. The lowest BCUT2D eigenvalue weighted by atomic mass is 10.2. The molecule has 1 aliphatic heterocycles. The van der Waals surface area contributed by atoms with Crippen LogP contribution in [0.15, 0.2) is 98.1 Å². The zero-order valence-electron chi connectivity index (χ0n) is 15.9. The van der Waals surface area contributed by atoms with E-state index in [2.05, 4.69) is 26.2 Å². The van der Waals surface area contributed by atoms with Crippen molar-refractivity contribution in [2.45, 2.75) is 4.90 Å². The number of amidine groups is 1. The predicted octanol–water partition coefficient (Wildman–Crippen LogP) is 5.11. The Kier molecular flexibility index (Phi) is 6.26. The van der Waals surface area contributed by atoms with Gasteiger partial charge in [0.15, 0.2) is 5.17 Å². The molecule has 4 rings (SSSR count).